The number of carboxylic acid groups (broad SMARTS) is 1. The Morgan fingerprint density at radius 1 is 1.04 bits per heavy atom. The van der Waals surface area contributed by atoms with Crippen LogP contribution < -0.4 is 5.32 Å². The van der Waals surface area contributed by atoms with Crippen molar-refractivity contribution in [3.63, 3.8) is 0 Å². The Morgan fingerprint density at radius 2 is 1.61 bits per heavy atom. The number of rotatable bonds is 4. The van der Waals surface area contributed by atoms with E-state index >= 15 is 0 Å². The number of carbonyl (C=O) groups is 2. The van der Waals surface area contributed by atoms with E-state index in [-0.39, 0.29) is 17.7 Å². The van der Waals surface area contributed by atoms with E-state index in [4.69, 9.17) is 0 Å². The Kier molecular flexibility index (Phi) is 4.24. The molecule has 1 aromatic rings. The fraction of sp³-hybridized carbons (Fsp3) is 0.474. The van der Waals surface area contributed by atoms with Crippen LogP contribution in [0.2, 0.25) is 0 Å². The molecule has 3 aliphatic rings. The quantitative estimate of drug-likeness (QED) is 0.834. The van der Waals surface area contributed by atoms with Crippen molar-refractivity contribution in [3.8, 4) is 0 Å². The monoisotopic (exact) mass is 313 g/mol. The van der Waals surface area contributed by atoms with E-state index in [1.807, 2.05) is 36.4 Å². The van der Waals surface area contributed by atoms with Crippen LogP contribution in [-0.2, 0) is 9.59 Å². The summed E-state index contributed by atoms with van der Waals surface area (Å²) in [6, 6.07) is 7.78. The van der Waals surface area contributed by atoms with E-state index in [1.165, 1.54) is 5.56 Å². The SMILES string of the molecule is CC(C)c1ccc(NC(=O)[C@@H]2[C@@H](C(=O)O)[C@H]3C=C[C@@H]2CC3)cc1. The molecule has 1 saturated carbocycles. The maximum absolute atomic E-state index is 12.7. The van der Waals surface area contributed by atoms with Gasteiger partial charge in [0.15, 0.2) is 0 Å². The van der Waals surface area contributed by atoms with Crippen molar-refractivity contribution in [2.45, 2.75) is 32.6 Å². The van der Waals surface area contributed by atoms with Crippen LogP contribution in [0.25, 0.3) is 0 Å². The summed E-state index contributed by atoms with van der Waals surface area (Å²) in [6.45, 7) is 4.24. The fourth-order valence-corrected chi connectivity index (χ4v) is 3.87. The number of hydrogen-bond acceptors (Lipinski definition) is 2. The topological polar surface area (TPSA) is 66.4 Å². The molecule has 0 unspecified atom stereocenters. The molecule has 0 heterocycles. The van der Waals surface area contributed by atoms with Crippen molar-refractivity contribution in [1.82, 2.24) is 0 Å². The lowest BCUT2D eigenvalue weighted by Gasteiger charge is -2.41. The van der Waals surface area contributed by atoms with Gasteiger partial charge in [-0.1, -0.05) is 38.1 Å². The Bertz CT molecular complexity index is 633. The van der Waals surface area contributed by atoms with E-state index in [2.05, 4.69) is 19.2 Å². The molecule has 0 spiro atoms. The Balaban J connectivity index is 1.76. The predicted octanol–water partition coefficient (Wildman–Crippen LogP) is 3.66. The Labute approximate surface area is 136 Å². The minimum absolute atomic E-state index is 0.0171. The number of hydrogen-bond donors (Lipinski definition) is 2. The second-order valence-corrected chi connectivity index (χ2v) is 6.95. The molecule has 2 bridgehead atoms. The lowest BCUT2D eigenvalue weighted by atomic mass is 9.62. The van der Waals surface area contributed by atoms with Crippen molar-refractivity contribution in [2.75, 3.05) is 5.32 Å². The molecule has 0 aliphatic heterocycles. The maximum atomic E-state index is 12.7. The fourth-order valence-electron chi connectivity index (χ4n) is 3.87. The van der Waals surface area contributed by atoms with Gasteiger partial charge >= 0.3 is 5.97 Å². The minimum atomic E-state index is -0.862. The minimum Gasteiger partial charge on any atom is -0.481 e. The van der Waals surface area contributed by atoms with Crippen molar-refractivity contribution in [2.24, 2.45) is 23.7 Å². The summed E-state index contributed by atoms with van der Waals surface area (Å²) >= 11 is 0. The molecule has 4 heteroatoms. The predicted molar refractivity (Wildman–Crippen MR) is 89.1 cm³/mol. The van der Waals surface area contributed by atoms with E-state index < -0.39 is 17.8 Å². The lowest BCUT2D eigenvalue weighted by molar-refractivity contribution is -0.151. The van der Waals surface area contributed by atoms with Gasteiger partial charge in [-0.05, 0) is 48.3 Å². The van der Waals surface area contributed by atoms with Gasteiger partial charge in [-0.3, -0.25) is 9.59 Å². The molecule has 23 heavy (non-hydrogen) atoms. The highest BCUT2D eigenvalue weighted by Crippen LogP contribution is 2.45. The third kappa shape index (κ3) is 3.03. The zero-order valence-corrected chi connectivity index (χ0v) is 13.5. The molecule has 1 aromatic carbocycles. The maximum Gasteiger partial charge on any atom is 0.307 e. The first-order valence-corrected chi connectivity index (χ1v) is 8.29. The average molecular weight is 313 g/mol. The van der Waals surface area contributed by atoms with Gasteiger partial charge in [0.05, 0.1) is 11.8 Å². The second-order valence-electron chi connectivity index (χ2n) is 6.95. The van der Waals surface area contributed by atoms with Crippen molar-refractivity contribution in [3.05, 3.63) is 42.0 Å². The van der Waals surface area contributed by atoms with Gasteiger partial charge in [0.1, 0.15) is 0 Å². The molecule has 4 atom stereocenters. The molecule has 0 radical (unpaired) electrons. The van der Waals surface area contributed by atoms with Crippen LogP contribution in [0.15, 0.2) is 36.4 Å². The van der Waals surface area contributed by atoms with Crippen LogP contribution in [-0.4, -0.2) is 17.0 Å². The molecule has 4 rings (SSSR count). The van der Waals surface area contributed by atoms with E-state index in [0.29, 0.717) is 5.92 Å². The van der Waals surface area contributed by atoms with Crippen LogP contribution in [0.4, 0.5) is 5.69 Å². The van der Waals surface area contributed by atoms with E-state index in [0.717, 1.165) is 18.5 Å². The first-order chi connectivity index (χ1) is 11.0. The number of carboxylic acids is 1. The Hall–Kier alpha value is -2.10. The summed E-state index contributed by atoms with van der Waals surface area (Å²) < 4.78 is 0. The number of allylic oxidation sites excluding steroid dienone is 2. The van der Waals surface area contributed by atoms with Crippen LogP contribution in [0.3, 0.4) is 0 Å². The summed E-state index contributed by atoms with van der Waals surface area (Å²) in [4.78, 5) is 24.3. The highest BCUT2D eigenvalue weighted by atomic mass is 16.4. The summed E-state index contributed by atoms with van der Waals surface area (Å²) in [5, 5.41) is 12.4. The van der Waals surface area contributed by atoms with Crippen molar-refractivity contribution in [1.29, 1.82) is 0 Å². The molecule has 1 amide bonds. The van der Waals surface area contributed by atoms with Gasteiger partial charge in [0, 0.05) is 5.69 Å². The smallest absolute Gasteiger partial charge is 0.307 e. The molecule has 122 valence electrons. The second kappa shape index (κ2) is 6.19. The summed E-state index contributed by atoms with van der Waals surface area (Å²) in [5.74, 6) is -1.65. The van der Waals surface area contributed by atoms with Gasteiger partial charge in [-0.15, -0.1) is 0 Å². The third-order valence-corrected chi connectivity index (χ3v) is 5.18. The molecule has 3 aliphatic carbocycles. The highest BCUT2D eigenvalue weighted by molar-refractivity contribution is 5.96. The number of anilines is 1. The third-order valence-electron chi connectivity index (χ3n) is 5.18. The van der Waals surface area contributed by atoms with E-state index in [1.54, 1.807) is 0 Å². The number of carbonyl (C=O) groups excluding carboxylic acids is 1. The number of aliphatic carboxylic acids is 1. The normalized spacial score (nSPS) is 28.8. The van der Waals surface area contributed by atoms with Gasteiger partial charge in [-0.2, -0.15) is 0 Å². The number of amides is 1. The zero-order valence-electron chi connectivity index (χ0n) is 13.5. The van der Waals surface area contributed by atoms with Gasteiger partial charge in [0.25, 0.3) is 0 Å². The number of fused-ring (bicyclic) bond motifs is 2. The Morgan fingerprint density at radius 3 is 2.09 bits per heavy atom. The van der Waals surface area contributed by atoms with Crippen molar-refractivity contribution < 1.29 is 14.7 Å². The molecular weight excluding hydrogens is 290 g/mol. The lowest BCUT2D eigenvalue weighted by Crippen LogP contribution is -2.47. The molecule has 1 fully saturated rings. The van der Waals surface area contributed by atoms with Crippen LogP contribution >= 0.6 is 0 Å². The highest BCUT2D eigenvalue weighted by Gasteiger charge is 2.48. The largest absolute Gasteiger partial charge is 0.481 e. The van der Waals surface area contributed by atoms with Crippen LogP contribution in [0.5, 0.6) is 0 Å². The summed E-state index contributed by atoms with van der Waals surface area (Å²) in [5.41, 5.74) is 1.94. The molecule has 2 N–H and O–H groups in total. The molecule has 4 nitrogen and oxygen atoms in total. The molecular formula is C19H23NO3. The van der Waals surface area contributed by atoms with Gasteiger partial charge < -0.3 is 10.4 Å². The molecule has 0 aromatic heterocycles. The molecule has 0 saturated heterocycles. The summed E-state index contributed by atoms with van der Waals surface area (Å²) in [6.07, 6.45) is 5.77. The van der Waals surface area contributed by atoms with Crippen molar-refractivity contribution >= 4 is 17.6 Å². The van der Waals surface area contributed by atoms with Gasteiger partial charge in [0.2, 0.25) is 5.91 Å². The standard InChI is InChI=1S/C19H23NO3/c1-11(2)12-7-9-15(10-8-12)20-18(21)16-13-3-5-14(6-4-13)17(16)19(22)23/h3,5,7-11,13-14,16-17H,4,6H2,1-2H3,(H,20,21)(H,22,23)/t13-,14+,16+,17+/m1/s1. The zero-order chi connectivity index (χ0) is 16.6. The summed E-state index contributed by atoms with van der Waals surface area (Å²) in [7, 11) is 0. The van der Waals surface area contributed by atoms with E-state index in [9.17, 15) is 14.7 Å². The van der Waals surface area contributed by atoms with Crippen LogP contribution in [0.1, 0.15) is 38.2 Å². The average Bonchev–Trinajstić information content (AvgIpc) is 2.55. The van der Waals surface area contributed by atoms with Crippen LogP contribution in [0, 0.1) is 23.7 Å². The number of benzene rings is 1. The first kappa shape index (κ1) is 15.8. The first-order valence-electron chi connectivity index (χ1n) is 8.29. The number of nitrogens with one attached hydrogen (secondary N) is 1. The van der Waals surface area contributed by atoms with Gasteiger partial charge in [-0.25, -0.2) is 0 Å².